The van der Waals surface area contributed by atoms with E-state index >= 15 is 0 Å². The van der Waals surface area contributed by atoms with Crippen LogP contribution in [0.2, 0.25) is 0 Å². The van der Waals surface area contributed by atoms with E-state index in [9.17, 15) is 4.79 Å². The summed E-state index contributed by atoms with van der Waals surface area (Å²) in [6, 6.07) is 0. The number of nitrogens with one attached hydrogen (secondary N) is 1. The third kappa shape index (κ3) is 3.08. The Labute approximate surface area is 125 Å². The molecule has 3 rings (SSSR count). The summed E-state index contributed by atoms with van der Waals surface area (Å²) in [5.74, 6) is 1.33. The summed E-state index contributed by atoms with van der Waals surface area (Å²) in [4.78, 5) is 18.4. The third-order valence-corrected chi connectivity index (χ3v) is 3.76. The zero-order valence-corrected chi connectivity index (χ0v) is 12.5. The molecule has 21 heavy (non-hydrogen) atoms. The van der Waals surface area contributed by atoms with Crippen LogP contribution in [0.3, 0.4) is 0 Å². The Bertz CT molecular complexity index is 599. The van der Waals surface area contributed by atoms with Crippen LogP contribution in [0.4, 0.5) is 0 Å². The summed E-state index contributed by atoms with van der Waals surface area (Å²) in [5, 5.41) is 12.6. The minimum Gasteiger partial charge on any atom is -0.366 e. The predicted molar refractivity (Wildman–Crippen MR) is 74.9 cm³/mol. The summed E-state index contributed by atoms with van der Waals surface area (Å²) < 4.78 is 9.40. The Morgan fingerprint density at radius 2 is 2.52 bits per heavy atom. The van der Waals surface area contributed by atoms with Crippen LogP contribution in [0, 0.1) is 0 Å². The second-order valence-electron chi connectivity index (χ2n) is 4.79. The molecule has 1 N–H and O–H groups in total. The maximum absolute atomic E-state index is 12.3. The number of aromatic amines is 1. The average molecular weight is 308 g/mol. The lowest BCUT2D eigenvalue weighted by atomic mass is 10.2. The van der Waals surface area contributed by atoms with Crippen molar-refractivity contribution in [2.45, 2.75) is 25.9 Å². The van der Waals surface area contributed by atoms with E-state index in [1.165, 1.54) is 11.5 Å². The number of carbonyl (C=O) groups is 1. The third-order valence-electron chi connectivity index (χ3n) is 3.26. The molecule has 2 aromatic heterocycles. The lowest BCUT2D eigenvalue weighted by Gasteiger charge is -2.31. The largest absolute Gasteiger partial charge is 0.366 e. The van der Waals surface area contributed by atoms with Crippen LogP contribution in [-0.2, 0) is 11.2 Å². The molecule has 0 spiro atoms. The zero-order valence-electron chi connectivity index (χ0n) is 11.7. The number of H-pyrrole nitrogens is 1. The zero-order chi connectivity index (χ0) is 14.7. The minimum absolute atomic E-state index is 0.124. The van der Waals surface area contributed by atoms with E-state index in [2.05, 4.69) is 31.7 Å². The number of rotatable bonds is 4. The van der Waals surface area contributed by atoms with Crippen molar-refractivity contribution < 1.29 is 9.53 Å². The number of ether oxygens (including phenoxy) is 1. The molecule has 0 radical (unpaired) electrons. The minimum atomic E-state index is -0.295. The van der Waals surface area contributed by atoms with Gasteiger partial charge in [0.2, 0.25) is 0 Å². The molecule has 1 atom stereocenters. The highest BCUT2D eigenvalue weighted by Crippen LogP contribution is 2.20. The molecular formula is C12H16N6O2S. The van der Waals surface area contributed by atoms with Crippen molar-refractivity contribution in [2.75, 3.05) is 19.7 Å². The van der Waals surface area contributed by atoms with E-state index in [4.69, 9.17) is 4.74 Å². The van der Waals surface area contributed by atoms with Crippen LogP contribution in [0.25, 0.3) is 0 Å². The molecule has 1 fully saturated rings. The first-order valence-corrected chi connectivity index (χ1v) is 7.70. The smallest absolute Gasteiger partial charge is 0.275 e. The van der Waals surface area contributed by atoms with Gasteiger partial charge in [-0.1, -0.05) is 11.4 Å². The first kappa shape index (κ1) is 14.1. The second-order valence-corrected chi connectivity index (χ2v) is 5.40. The fraction of sp³-hybridized carbons (Fsp3) is 0.583. The molecule has 0 aromatic carbocycles. The maximum Gasteiger partial charge on any atom is 0.275 e. The lowest BCUT2D eigenvalue weighted by Crippen LogP contribution is -2.42. The molecule has 1 unspecified atom stereocenters. The topological polar surface area (TPSA) is 96.9 Å². The number of nitrogens with zero attached hydrogens (tertiary/aromatic N) is 5. The van der Waals surface area contributed by atoms with Gasteiger partial charge in [0.25, 0.3) is 5.91 Å². The fourth-order valence-corrected chi connectivity index (χ4v) is 2.64. The van der Waals surface area contributed by atoms with Crippen LogP contribution in [0.15, 0.2) is 5.38 Å². The molecule has 1 saturated heterocycles. The Morgan fingerprint density at radius 1 is 1.62 bits per heavy atom. The van der Waals surface area contributed by atoms with Crippen molar-refractivity contribution in [3.8, 4) is 0 Å². The quantitative estimate of drug-likeness (QED) is 0.898. The number of amides is 1. The monoisotopic (exact) mass is 308 g/mol. The van der Waals surface area contributed by atoms with Gasteiger partial charge in [-0.15, -0.1) is 5.10 Å². The maximum atomic E-state index is 12.3. The number of hydrogen-bond donors (Lipinski definition) is 1. The van der Waals surface area contributed by atoms with Gasteiger partial charge in [-0.2, -0.15) is 5.10 Å². The molecule has 9 heteroatoms. The van der Waals surface area contributed by atoms with Gasteiger partial charge in [-0.3, -0.25) is 9.89 Å². The summed E-state index contributed by atoms with van der Waals surface area (Å²) in [7, 11) is 0. The SMILES string of the molecule is CCCc1nc(C2CN(C(=O)c3csnn3)CCO2)n[nH]1. The molecular weight excluding hydrogens is 292 g/mol. The van der Waals surface area contributed by atoms with Gasteiger partial charge < -0.3 is 9.64 Å². The molecule has 3 heterocycles. The van der Waals surface area contributed by atoms with E-state index in [0.29, 0.717) is 31.2 Å². The van der Waals surface area contributed by atoms with Gasteiger partial charge in [0.1, 0.15) is 11.9 Å². The molecule has 1 aliphatic heterocycles. The number of carbonyl (C=O) groups excluding carboxylic acids is 1. The average Bonchev–Trinajstić information content (AvgIpc) is 3.18. The van der Waals surface area contributed by atoms with Gasteiger partial charge in [-0.25, -0.2) is 4.98 Å². The van der Waals surface area contributed by atoms with Gasteiger partial charge >= 0.3 is 0 Å². The Morgan fingerprint density at radius 3 is 3.29 bits per heavy atom. The molecule has 1 amide bonds. The Kier molecular flexibility index (Phi) is 4.20. The Hall–Kier alpha value is -1.87. The molecule has 1 aliphatic rings. The summed E-state index contributed by atoms with van der Waals surface area (Å²) in [6.07, 6.45) is 1.56. The van der Waals surface area contributed by atoms with Crippen molar-refractivity contribution in [2.24, 2.45) is 0 Å². The van der Waals surface area contributed by atoms with Crippen LogP contribution in [-0.4, -0.2) is 55.3 Å². The first-order valence-electron chi connectivity index (χ1n) is 6.87. The first-order chi connectivity index (χ1) is 10.3. The van der Waals surface area contributed by atoms with Gasteiger partial charge in [-0.05, 0) is 18.0 Å². The summed E-state index contributed by atoms with van der Waals surface area (Å²) in [6.45, 7) is 3.52. The molecule has 0 aliphatic carbocycles. The van der Waals surface area contributed by atoms with Gasteiger partial charge in [0, 0.05) is 18.3 Å². The van der Waals surface area contributed by atoms with Crippen molar-refractivity contribution >= 4 is 17.4 Å². The van der Waals surface area contributed by atoms with Crippen LogP contribution < -0.4 is 0 Å². The van der Waals surface area contributed by atoms with Gasteiger partial charge in [0.15, 0.2) is 11.5 Å². The van der Waals surface area contributed by atoms with E-state index in [1.807, 2.05) is 0 Å². The van der Waals surface area contributed by atoms with E-state index in [0.717, 1.165) is 18.7 Å². The lowest BCUT2D eigenvalue weighted by molar-refractivity contribution is -0.0268. The number of morpholine rings is 1. The van der Waals surface area contributed by atoms with E-state index in [-0.39, 0.29) is 12.0 Å². The normalized spacial score (nSPS) is 18.9. The molecule has 2 aromatic rings. The van der Waals surface area contributed by atoms with Crippen molar-refractivity contribution in [3.63, 3.8) is 0 Å². The van der Waals surface area contributed by atoms with E-state index < -0.39 is 0 Å². The van der Waals surface area contributed by atoms with Gasteiger partial charge in [0.05, 0.1) is 13.2 Å². The molecule has 0 saturated carbocycles. The number of aryl methyl sites for hydroxylation is 1. The second kappa shape index (κ2) is 6.27. The highest BCUT2D eigenvalue weighted by molar-refractivity contribution is 7.03. The fourth-order valence-electron chi connectivity index (χ4n) is 2.21. The highest BCUT2D eigenvalue weighted by Gasteiger charge is 2.29. The number of hydrogen-bond acceptors (Lipinski definition) is 7. The van der Waals surface area contributed by atoms with Crippen LogP contribution in [0.1, 0.15) is 41.6 Å². The Balaban J connectivity index is 1.69. The van der Waals surface area contributed by atoms with Crippen molar-refractivity contribution in [1.82, 2.24) is 29.7 Å². The summed E-state index contributed by atoms with van der Waals surface area (Å²) >= 11 is 1.17. The van der Waals surface area contributed by atoms with Crippen molar-refractivity contribution in [3.05, 3.63) is 22.7 Å². The summed E-state index contributed by atoms with van der Waals surface area (Å²) in [5.41, 5.74) is 0.377. The van der Waals surface area contributed by atoms with Crippen LogP contribution in [0.5, 0.6) is 0 Å². The standard InChI is InChI=1S/C12H16N6O2S/c1-2-3-10-13-11(16-15-10)9-6-18(4-5-20-9)12(19)8-7-21-17-14-8/h7,9H,2-6H2,1H3,(H,13,15,16). The van der Waals surface area contributed by atoms with Crippen molar-refractivity contribution in [1.29, 1.82) is 0 Å². The van der Waals surface area contributed by atoms with Crippen LogP contribution >= 0.6 is 11.5 Å². The van der Waals surface area contributed by atoms with E-state index in [1.54, 1.807) is 10.3 Å². The molecule has 8 nitrogen and oxygen atoms in total. The predicted octanol–water partition coefficient (Wildman–Crippen LogP) is 0.822. The highest BCUT2D eigenvalue weighted by atomic mass is 32.1. The molecule has 0 bridgehead atoms. The number of aromatic nitrogens is 5. The molecule has 112 valence electrons.